The van der Waals surface area contributed by atoms with E-state index in [1.807, 2.05) is 0 Å². The number of aliphatic hydroxyl groups excluding tert-OH is 1. The molecule has 0 radical (unpaired) electrons. The lowest BCUT2D eigenvalue weighted by Crippen LogP contribution is -2.22. The van der Waals surface area contributed by atoms with Crippen LogP contribution in [0.5, 0.6) is 0 Å². The second-order valence-corrected chi connectivity index (χ2v) is 4.61. The SMILES string of the molecule is C=CC(CC)S(=O)(=O)CCO. The molecule has 0 spiro atoms. The van der Waals surface area contributed by atoms with Crippen molar-refractivity contribution in [3.8, 4) is 0 Å². The average Bonchev–Trinajstić information content (AvgIpc) is 1.89. The molecule has 0 amide bonds. The largest absolute Gasteiger partial charge is 0.395 e. The second-order valence-electron chi connectivity index (χ2n) is 2.27. The Kier molecular flexibility index (Phi) is 4.37. The smallest absolute Gasteiger partial charge is 0.158 e. The Morgan fingerprint density at radius 1 is 1.64 bits per heavy atom. The third kappa shape index (κ3) is 3.03. The van der Waals surface area contributed by atoms with Gasteiger partial charge in [-0.25, -0.2) is 8.42 Å². The minimum atomic E-state index is -3.14. The highest BCUT2D eigenvalue weighted by Gasteiger charge is 2.19. The summed E-state index contributed by atoms with van der Waals surface area (Å²) in [4.78, 5) is 0. The van der Waals surface area contributed by atoms with Crippen LogP contribution in [-0.4, -0.2) is 31.1 Å². The minimum Gasteiger partial charge on any atom is -0.395 e. The van der Waals surface area contributed by atoms with Gasteiger partial charge < -0.3 is 5.11 Å². The van der Waals surface area contributed by atoms with Gasteiger partial charge in [0.1, 0.15) is 0 Å². The Morgan fingerprint density at radius 3 is 2.45 bits per heavy atom. The van der Waals surface area contributed by atoms with Gasteiger partial charge in [-0.2, -0.15) is 0 Å². The molecule has 3 nitrogen and oxygen atoms in total. The van der Waals surface area contributed by atoms with E-state index in [1.165, 1.54) is 6.08 Å². The lowest BCUT2D eigenvalue weighted by atomic mass is 10.3. The first-order chi connectivity index (χ1) is 5.08. The maximum absolute atomic E-state index is 11.2. The van der Waals surface area contributed by atoms with Crippen LogP contribution >= 0.6 is 0 Å². The zero-order valence-corrected chi connectivity index (χ0v) is 7.47. The summed E-state index contributed by atoms with van der Waals surface area (Å²) in [6, 6.07) is 0. The summed E-state index contributed by atoms with van der Waals surface area (Å²) in [6.45, 7) is 4.89. The zero-order chi connectivity index (χ0) is 8.91. The molecule has 0 aliphatic heterocycles. The second kappa shape index (κ2) is 4.51. The first kappa shape index (κ1) is 10.7. The lowest BCUT2D eigenvalue weighted by Gasteiger charge is -2.09. The number of hydrogen-bond acceptors (Lipinski definition) is 3. The molecule has 0 aliphatic carbocycles. The van der Waals surface area contributed by atoms with E-state index < -0.39 is 15.1 Å². The Bertz CT molecular complexity index is 206. The van der Waals surface area contributed by atoms with Crippen molar-refractivity contribution in [1.82, 2.24) is 0 Å². The summed E-state index contributed by atoms with van der Waals surface area (Å²) in [5, 5.41) is 7.92. The van der Waals surface area contributed by atoms with E-state index in [0.717, 1.165) is 0 Å². The molecule has 66 valence electrons. The van der Waals surface area contributed by atoms with E-state index in [4.69, 9.17) is 5.11 Å². The monoisotopic (exact) mass is 178 g/mol. The molecule has 0 aromatic rings. The van der Waals surface area contributed by atoms with Crippen LogP contribution in [0, 0.1) is 0 Å². The van der Waals surface area contributed by atoms with E-state index in [0.29, 0.717) is 6.42 Å². The fraction of sp³-hybridized carbons (Fsp3) is 0.714. The maximum Gasteiger partial charge on any atom is 0.158 e. The third-order valence-corrected chi connectivity index (χ3v) is 3.70. The normalized spacial score (nSPS) is 14.4. The molecule has 0 saturated carbocycles. The van der Waals surface area contributed by atoms with Crippen molar-refractivity contribution in [2.45, 2.75) is 18.6 Å². The molecule has 0 saturated heterocycles. The summed E-state index contributed by atoms with van der Waals surface area (Å²) in [6.07, 6.45) is 1.93. The fourth-order valence-corrected chi connectivity index (χ4v) is 2.20. The van der Waals surface area contributed by atoms with Gasteiger partial charge in [0.2, 0.25) is 0 Å². The molecule has 0 aliphatic rings. The van der Waals surface area contributed by atoms with Crippen LogP contribution in [-0.2, 0) is 9.84 Å². The molecule has 0 aromatic heterocycles. The summed E-state index contributed by atoms with van der Waals surface area (Å²) in [5.41, 5.74) is 0. The molecule has 0 rings (SSSR count). The fourth-order valence-electron chi connectivity index (χ4n) is 0.846. The highest BCUT2D eigenvalue weighted by Crippen LogP contribution is 2.07. The molecule has 1 atom stereocenters. The average molecular weight is 178 g/mol. The molecule has 0 bridgehead atoms. The van der Waals surface area contributed by atoms with Crippen molar-refractivity contribution in [1.29, 1.82) is 0 Å². The first-order valence-electron chi connectivity index (χ1n) is 3.53. The summed E-state index contributed by atoms with van der Waals surface area (Å²) in [7, 11) is -3.14. The van der Waals surface area contributed by atoms with Crippen LogP contribution < -0.4 is 0 Å². The topological polar surface area (TPSA) is 54.4 Å². The van der Waals surface area contributed by atoms with Crippen molar-refractivity contribution in [3.05, 3.63) is 12.7 Å². The van der Waals surface area contributed by atoms with Gasteiger partial charge in [0.05, 0.1) is 17.6 Å². The van der Waals surface area contributed by atoms with Crippen molar-refractivity contribution >= 4 is 9.84 Å². The molecule has 1 N–H and O–H groups in total. The van der Waals surface area contributed by atoms with Crippen molar-refractivity contribution in [2.75, 3.05) is 12.4 Å². The van der Waals surface area contributed by atoms with E-state index in [-0.39, 0.29) is 12.4 Å². The van der Waals surface area contributed by atoms with Gasteiger partial charge in [-0.3, -0.25) is 0 Å². The molecule has 4 heteroatoms. The predicted octanol–water partition coefficient (Wildman–Crippen LogP) is 0.358. The van der Waals surface area contributed by atoms with Crippen LogP contribution in [0.3, 0.4) is 0 Å². The quantitative estimate of drug-likeness (QED) is 0.618. The van der Waals surface area contributed by atoms with E-state index in [2.05, 4.69) is 6.58 Å². The summed E-state index contributed by atoms with van der Waals surface area (Å²) in [5.74, 6) is -0.169. The van der Waals surface area contributed by atoms with Gasteiger partial charge in [-0.15, -0.1) is 6.58 Å². The Hall–Kier alpha value is -0.350. The number of sulfone groups is 1. The summed E-state index contributed by atoms with van der Waals surface area (Å²) >= 11 is 0. The highest BCUT2D eigenvalue weighted by atomic mass is 32.2. The number of rotatable bonds is 5. The van der Waals surface area contributed by atoms with Crippen molar-refractivity contribution < 1.29 is 13.5 Å². The summed E-state index contributed by atoms with van der Waals surface area (Å²) < 4.78 is 22.3. The van der Waals surface area contributed by atoms with Crippen LogP contribution in [0.2, 0.25) is 0 Å². The van der Waals surface area contributed by atoms with Gasteiger partial charge in [0, 0.05) is 0 Å². The molecular weight excluding hydrogens is 164 g/mol. The van der Waals surface area contributed by atoms with Gasteiger partial charge in [-0.05, 0) is 6.42 Å². The van der Waals surface area contributed by atoms with Crippen LogP contribution in [0.1, 0.15) is 13.3 Å². The van der Waals surface area contributed by atoms with Crippen molar-refractivity contribution in [2.24, 2.45) is 0 Å². The Morgan fingerprint density at radius 2 is 2.18 bits per heavy atom. The number of aliphatic hydroxyl groups is 1. The van der Waals surface area contributed by atoms with Gasteiger partial charge in [0.25, 0.3) is 0 Å². The van der Waals surface area contributed by atoms with Crippen LogP contribution in [0.25, 0.3) is 0 Å². The van der Waals surface area contributed by atoms with Crippen LogP contribution in [0.15, 0.2) is 12.7 Å². The first-order valence-corrected chi connectivity index (χ1v) is 5.25. The van der Waals surface area contributed by atoms with Gasteiger partial charge in [0.15, 0.2) is 9.84 Å². The van der Waals surface area contributed by atoms with Gasteiger partial charge in [-0.1, -0.05) is 13.0 Å². The Labute approximate surface area is 67.7 Å². The Balaban J connectivity index is 4.38. The highest BCUT2D eigenvalue weighted by molar-refractivity contribution is 7.92. The third-order valence-electron chi connectivity index (χ3n) is 1.50. The van der Waals surface area contributed by atoms with Gasteiger partial charge >= 0.3 is 0 Å². The van der Waals surface area contributed by atoms with E-state index >= 15 is 0 Å². The van der Waals surface area contributed by atoms with Crippen LogP contribution in [0.4, 0.5) is 0 Å². The molecule has 1 unspecified atom stereocenters. The molecule has 0 aromatic carbocycles. The number of hydrogen-bond donors (Lipinski definition) is 1. The molecule has 0 fully saturated rings. The molecular formula is C7H14O3S. The standard InChI is InChI=1S/C7H14O3S/c1-3-7(4-2)11(9,10)6-5-8/h3,7-8H,1,4-6H2,2H3. The maximum atomic E-state index is 11.2. The minimum absolute atomic E-state index is 0.169. The predicted molar refractivity (Wildman–Crippen MR) is 45.1 cm³/mol. The molecule has 0 heterocycles. The van der Waals surface area contributed by atoms with E-state index in [9.17, 15) is 8.42 Å². The molecule has 11 heavy (non-hydrogen) atoms. The van der Waals surface area contributed by atoms with E-state index in [1.54, 1.807) is 6.92 Å². The zero-order valence-electron chi connectivity index (χ0n) is 6.66. The lowest BCUT2D eigenvalue weighted by molar-refractivity contribution is 0.319. The van der Waals surface area contributed by atoms with Crippen molar-refractivity contribution in [3.63, 3.8) is 0 Å².